The molecule has 0 N–H and O–H groups in total. The molecule has 1 aromatic heterocycles. The van der Waals surface area contributed by atoms with Gasteiger partial charge < -0.3 is 19.4 Å². The highest BCUT2D eigenvalue weighted by atomic mass is 35.5. The fraction of sp³-hybridized carbons (Fsp3) is 0.457. The second-order valence-electron chi connectivity index (χ2n) is 12.9. The van der Waals surface area contributed by atoms with E-state index in [0.717, 1.165) is 66.5 Å². The Morgan fingerprint density at radius 3 is 2.61 bits per heavy atom. The molecule has 240 valence electrons. The molecule has 3 saturated heterocycles. The molecule has 0 saturated carbocycles. The molecule has 46 heavy (non-hydrogen) atoms. The van der Waals surface area contributed by atoms with Crippen LogP contribution >= 0.6 is 11.6 Å². The predicted octanol–water partition coefficient (Wildman–Crippen LogP) is 6.01. The quantitative estimate of drug-likeness (QED) is 0.291. The van der Waals surface area contributed by atoms with Crippen LogP contribution in [0, 0.1) is 17.1 Å². The van der Waals surface area contributed by atoms with Crippen molar-refractivity contribution >= 4 is 39.7 Å². The van der Waals surface area contributed by atoms with Gasteiger partial charge in [0.25, 0.3) is 11.8 Å². The molecule has 3 fully saturated rings. The third kappa shape index (κ3) is 5.33. The van der Waals surface area contributed by atoms with Crippen LogP contribution in [-0.2, 0) is 17.8 Å². The van der Waals surface area contributed by atoms with Gasteiger partial charge in [0.1, 0.15) is 6.61 Å². The lowest BCUT2D eigenvalue weighted by atomic mass is 9.95. The highest BCUT2D eigenvalue weighted by molar-refractivity contribution is 6.36. The Labute approximate surface area is 272 Å². The average molecular weight is 647 g/mol. The zero-order valence-corrected chi connectivity index (χ0v) is 26.5. The highest BCUT2D eigenvalue weighted by Crippen LogP contribution is 2.42. The molecule has 0 bridgehead atoms. The van der Waals surface area contributed by atoms with Gasteiger partial charge in [-0.3, -0.25) is 9.69 Å². The first kappa shape index (κ1) is 30.7. The van der Waals surface area contributed by atoms with Crippen LogP contribution in [0.25, 0.3) is 10.8 Å². The van der Waals surface area contributed by atoms with E-state index in [1.165, 1.54) is 4.90 Å². The summed E-state index contributed by atoms with van der Waals surface area (Å²) in [6.45, 7) is 7.24. The van der Waals surface area contributed by atoms with Crippen molar-refractivity contribution in [3.63, 3.8) is 0 Å². The molecule has 0 unspecified atom stereocenters. The normalized spacial score (nSPS) is 20.8. The lowest BCUT2D eigenvalue weighted by molar-refractivity contribution is -0.131. The van der Waals surface area contributed by atoms with Gasteiger partial charge in [-0.25, -0.2) is 9.37 Å². The molecule has 0 spiro atoms. The van der Waals surface area contributed by atoms with Crippen LogP contribution in [0.4, 0.5) is 20.2 Å². The zero-order valence-electron chi connectivity index (χ0n) is 25.8. The Morgan fingerprint density at radius 1 is 1.11 bits per heavy atom. The number of piperazine rings is 1. The van der Waals surface area contributed by atoms with Crippen molar-refractivity contribution in [2.75, 3.05) is 55.7 Å². The predicted molar refractivity (Wildman–Crippen MR) is 174 cm³/mol. The maximum absolute atomic E-state index is 16.7. The summed E-state index contributed by atoms with van der Waals surface area (Å²) in [4.78, 5) is 25.3. The lowest BCUT2D eigenvalue weighted by Gasteiger charge is -2.43. The number of hydrogen-bond acceptors (Lipinski definition) is 7. The van der Waals surface area contributed by atoms with Gasteiger partial charge in [0.15, 0.2) is 5.83 Å². The van der Waals surface area contributed by atoms with Gasteiger partial charge in [-0.2, -0.15) is 9.65 Å². The summed E-state index contributed by atoms with van der Waals surface area (Å²) in [5.74, 6) is -2.44. The number of carbonyl (C=O) groups is 1. The number of ether oxygens (including phenoxy) is 1. The second-order valence-corrected chi connectivity index (χ2v) is 13.3. The highest BCUT2D eigenvalue weighted by Gasteiger charge is 2.45. The number of hydrogen-bond donors (Lipinski definition) is 0. The molecule has 4 aliphatic rings. The minimum absolute atomic E-state index is 0.0122. The van der Waals surface area contributed by atoms with Crippen LogP contribution in [0.2, 0.25) is 5.02 Å². The van der Waals surface area contributed by atoms with Gasteiger partial charge in [-0.15, -0.1) is 0 Å². The molecule has 2 aromatic carbocycles. The van der Waals surface area contributed by atoms with E-state index in [1.54, 1.807) is 0 Å². The van der Waals surface area contributed by atoms with Crippen molar-refractivity contribution in [1.82, 2.24) is 14.8 Å². The molecule has 5 heterocycles. The number of aromatic nitrogens is 1. The summed E-state index contributed by atoms with van der Waals surface area (Å²) in [5, 5.41) is 12.2. The van der Waals surface area contributed by atoms with Gasteiger partial charge in [0.2, 0.25) is 5.82 Å². The smallest absolute Gasteiger partial charge is 0.282 e. The van der Waals surface area contributed by atoms with Crippen LogP contribution in [0.15, 0.2) is 48.8 Å². The van der Waals surface area contributed by atoms with E-state index in [1.807, 2.05) is 35.2 Å². The summed E-state index contributed by atoms with van der Waals surface area (Å²) in [7, 11) is 0. The third-order valence-electron chi connectivity index (χ3n) is 10.3. The molecule has 0 aliphatic carbocycles. The Hall–Kier alpha value is -3.94. The molecular formula is C35H37ClF2N6O2. The number of nitrogens with zero attached hydrogens (tertiary/aromatic N) is 6. The van der Waals surface area contributed by atoms with E-state index in [0.29, 0.717) is 36.8 Å². The van der Waals surface area contributed by atoms with Crippen molar-refractivity contribution in [3.05, 3.63) is 70.9 Å². The maximum atomic E-state index is 16.7. The molecule has 3 aromatic rings. The van der Waals surface area contributed by atoms with Crippen LogP contribution in [-0.4, -0.2) is 78.1 Å². The number of nitriles is 1. The number of pyridine rings is 1. The summed E-state index contributed by atoms with van der Waals surface area (Å²) >= 11 is 6.69. The van der Waals surface area contributed by atoms with E-state index in [4.69, 9.17) is 21.3 Å². The first-order valence-corrected chi connectivity index (χ1v) is 16.5. The van der Waals surface area contributed by atoms with Crippen LogP contribution in [0.5, 0.6) is 5.88 Å². The van der Waals surface area contributed by atoms with Crippen molar-refractivity contribution in [2.24, 2.45) is 0 Å². The number of halogens is 3. The number of benzene rings is 2. The first-order valence-electron chi connectivity index (χ1n) is 16.1. The Bertz CT molecular complexity index is 1730. The average Bonchev–Trinajstić information content (AvgIpc) is 3.64. The van der Waals surface area contributed by atoms with Crippen LogP contribution in [0.1, 0.15) is 43.4 Å². The summed E-state index contributed by atoms with van der Waals surface area (Å²) in [5.41, 5.74) is 2.81. The second kappa shape index (κ2) is 12.3. The first-order chi connectivity index (χ1) is 22.3. The van der Waals surface area contributed by atoms with Gasteiger partial charge in [0.05, 0.1) is 47.0 Å². The summed E-state index contributed by atoms with van der Waals surface area (Å²) < 4.78 is 37.0. The summed E-state index contributed by atoms with van der Waals surface area (Å²) in [6, 6.07) is 13.5. The molecule has 0 radical (unpaired) electrons. The maximum Gasteiger partial charge on any atom is 0.282 e. The van der Waals surface area contributed by atoms with Crippen LogP contribution in [0.3, 0.4) is 0 Å². The van der Waals surface area contributed by atoms with E-state index >= 15 is 4.39 Å². The van der Waals surface area contributed by atoms with Crippen molar-refractivity contribution in [3.8, 4) is 11.9 Å². The van der Waals surface area contributed by atoms with Gasteiger partial charge >= 0.3 is 0 Å². The Morgan fingerprint density at radius 2 is 1.87 bits per heavy atom. The Kier molecular flexibility index (Phi) is 8.24. The monoisotopic (exact) mass is 646 g/mol. The minimum Gasteiger partial charge on any atom is -0.474 e. The molecule has 11 heteroatoms. The fourth-order valence-corrected chi connectivity index (χ4v) is 8.38. The number of rotatable bonds is 7. The molecular weight excluding hydrogens is 610 g/mol. The largest absolute Gasteiger partial charge is 0.474 e. The molecule has 4 aliphatic heterocycles. The number of amides is 1. The van der Waals surface area contributed by atoms with Crippen molar-refractivity contribution in [2.45, 2.75) is 56.7 Å². The lowest BCUT2D eigenvalue weighted by Crippen LogP contribution is -2.55. The van der Waals surface area contributed by atoms with Gasteiger partial charge in [-0.1, -0.05) is 42.4 Å². The Balaban J connectivity index is 1.26. The zero-order chi connectivity index (χ0) is 32.0. The fourth-order valence-electron chi connectivity index (χ4n) is 8.11. The molecule has 1 atom stereocenters. The molecule has 7 rings (SSSR count). The minimum atomic E-state index is -1.07. The van der Waals surface area contributed by atoms with Crippen LogP contribution < -0.4 is 14.5 Å². The van der Waals surface area contributed by atoms with Crippen molar-refractivity contribution in [1.29, 1.82) is 5.26 Å². The number of fused-ring (bicyclic) bond motifs is 3. The van der Waals surface area contributed by atoms with E-state index in [2.05, 4.69) is 28.5 Å². The van der Waals surface area contributed by atoms with Crippen molar-refractivity contribution < 1.29 is 18.3 Å². The summed E-state index contributed by atoms with van der Waals surface area (Å²) in [6.07, 6.45) is 4.76. The topological polar surface area (TPSA) is 75.9 Å². The van der Waals surface area contributed by atoms with Gasteiger partial charge in [0, 0.05) is 42.8 Å². The molecule has 8 nitrogen and oxygen atoms in total. The standard InChI is InChI=1S/C35H37ClF2N6O2/c1-23(37)34(45)44-19-18-42(20-25(44)10-14-39)32-26-11-17-41(29-9-3-7-24-6-2-8-27(36)30(24)29)21-28(26)40-33(31(32)38)46-22-35-12-4-15-43(35)16-5-13-35/h2-3,6-9,25H,1,4-5,10-13,15-22H2/t25-/m0/s1. The number of anilines is 2. The van der Waals surface area contributed by atoms with Gasteiger partial charge in [-0.05, 0) is 62.7 Å². The van der Waals surface area contributed by atoms with E-state index < -0.39 is 23.6 Å². The SMILES string of the molecule is C=C(F)C(=O)N1CCN(c2c(F)c(OCC34CCCN3CCC4)nc3c2CCN(c2cccc4cccc(Cl)c24)C3)C[C@@H]1CC#N. The van der Waals surface area contributed by atoms with E-state index in [-0.39, 0.29) is 37.5 Å². The van der Waals surface area contributed by atoms with E-state index in [9.17, 15) is 14.4 Å². The third-order valence-corrected chi connectivity index (χ3v) is 10.6. The molecule has 1 amide bonds. The number of carbonyl (C=O) groups excluding carboxylic acids is 1.